The molecule has 1 aromatic carbocycles. The van der Waals surface area contributed by atoms with Gasteiger partial charge in [-0.15, -0.1) is 4.99 Å². The van der Waals surface area contributed by atoms with Crippen LogP contribution in [0.5, 0.6) is 5.75 Å². The molecule has 1 rings (SSSR count). The Morgan fingerprint density at radius 1 is 0.846 bits per heavy atom. The van der Waals surface area contributed by atoms with E-state index in [0.717, 1.165) is 10.5 Å². The molecule has 2 N–H and O–H groups in total. The largest absolute Gasteiger partial charge is 0.494 e. The first-order valence-electron chi connectivity index (χ1n) is 12.9. The first kappa shape index (κ1) is 33.4. The van der Waals surface area contributed by atoms with Gasteiger partial charge in [-0.2, -0.15) is 0 Å². The summed E-state index contributed by atoms with van der Waals surface area (Å²) in [4.78, 5) is 43.2. The first-order chi connectivity index (χ1) is 17.8. The Labute approximate surface area is 231 Å². The van der Waals surface area contributed by atoms with E-state index in [-0.39, 0.29) is 12.5 Å². The molecular formula is C28H44N4O7. The molecule has 0 aliphatic rings. The van der Waals surface area contributed by atoms with Crippen molar-refractivity contribution in [2.75, 3.05) is 13.2 Å². The lowest BCUT2D eigenvalue weighted by atomic mass is 10.1. The number of aliphatic imine (C=N–C) groups is 1. The highest BCUT2D eigenvalue weighted by Crippen LogP contribution is 2.15. The van der Waals surface area contributed by atoms with Gasteiger partial charge in [0.05, 0.1) is 6.61 Å². The van der Waals surface area contributed by atoms with Gasteiger partial charge in [0.15, 0.2) is 0 Å². The van der Waals surface area contributed by atoms with Crippen molar-refractivity contribution in [1.82, 2.24) is 10.2 Å². The molecule has 0 bridgehead atoms. The molecule has 0 fully saturated rings. The van der Waals surface area contributed by atoms with E-state index in [1.807, 2.05) is 12.1 Å². The number of carbonyl (C=O) groups is 3. The minimum Gasteiger partial charge on any atom is -0.494 e. The average Bonchev–Trinajstić information content (AvgIpc) is 2.72. The molecule has 0 aliphatic heterocycles. The zero-order valence-electron chi connectivity index (χ0n) is 24.9. The number of amides is 3. The van der Waals surface area contributed by atoms with Gasteiger partial charge in [0.25, 0.3) is 0 Å². The Morgan fingerprint density at radius 3 is 1.87 bits per heavy atom. The number of rotatable bonds is 7. The SMILES string of the molecule is CC(=N)c1ccc(OCCCCN(C(=O)OC(C)(C)C)/C(=N\C(=O)OC(C)(C)C)NC(=O)OC(C)(C)C)cc1. The van der Waals surface area contributed by atoms with Crippen LogP contribution in [0.25, 0.3) is 0 Å². The van der Waals surface area contributed by atoms with Crippen LogP contribution in [-0.4, -0.2) is 64.8 Å². The number of benzene rings is 1. The number of guanidine groups is 1. The van der Waals surface area contributed by atoms with Crippen molar-refractivity contribution >= 4 is 30.0 Å². The van der Waals surface area contributed by atoms with E-state index in [0.29, 0.717) is 30.9 Å². The molecule has 0 radical (unpaired) electrons. The van der Waals surface area contributed by atoms with Crippen molar-refractivity contribution in [2.45, 2.75) is 98.9 Å². The topological polar surface area (TPSA) is 140 Å². The monoisotopic (exact) mass is 548 g/mol. The zero-order chi connectivity index (χ0) is 30.0. The Bertz CT molecular complexity index is 1030. The van der Waals surface area contributed by atoms with Gasteiger partial charge in [-0.3, -0.25) is 5.32 Å². The van der Waals surface area contributed by atoms with E-state index in [4.69, 9.17) is 24.4 Å². The molecule has 0 atom stereocenters. The number of alkyl carbamates (subject to hydrolysis) is 1. The van der Waals surface area contributed by atoms with Gasteiger partial charge < -0.3 is 24.4 Å². The summed E-state index contributed by atoms with van der Waals surface area (Å²) in [6.45, 7) is 17.3. The van der Waals surface area contributed by atoms with Crippen LogP contribution in [0.1, 0.15) is 87.6 Å². The number of hydrogen-bond acceptors (Lipinski definition) is 8. The van der Waals surface area contributed by atoms with Gasteiger partial charge in [-0.05, 0) is 112 Å². The predicted octanol–water partition coefficient (Wildman–Crippen LogP) is 6.29. The fraction of sp³-hybridized carbons (Fsp3) is 0.607. The van der Waals surface area contributed by atoms with Gasteiger partial charge in [0.2, 0.25) is 5.96 Å². The second kappa shape index (κ2) is 14.0. The molecule has 0 heterocycles. The van der Waals surface area contributed by atoms with Crippen molar-refractivity contribution in [3.05, 3.63) is 29.8 Å². The normalized spacial score (nSPS) is 12.3. The van der Waals surface area contributed by atoms with Crippen molar-refractivity contribution in [2.24, 2.45) is 4.99 Å². The number of nitrogens with one attached hydrogen (secondary N) is 2. The number of unbranched alkanes of at least 4 members (excludes halogenated alkanes) is 1. The summed E-state index contributed by atoms with van der Waals surface area (Å²) < 4.78 is 21.8. The Kier molecular flexibility index (Phi) is 12.0. The molecule has 11 nitrogen and oxygen atoms in total. The number of ether oxygens (including phenoxy) is 4. The molecule has 1 aromatic rings. The molecule has 218 valence electrons. The van der Waals surface area contributed by atoms with Crippen molar-refractivity contribution in [1.29, 1.82) is 5.41 Å². The zero-order valence-corrected chi connectivity index (χ0v) is 24.9. The maximum atomic E-state index is 13.1. The molecule has 0 aromatic heterocycles. The number of hydrogen-bond donors (Lipinski definition) is 2. The minimum atomic E-state index is -0.992. The molecule has 39 heavy (non-hydrogen) atoms. The molecule has 11 heteroatoms. The molecular weight excluding hydrogens is 504 g/mol. The maximum Gasteiger partial charge on any atom is 0.437 e. The van der Waals surface area contributed by atoms with Crippen LogP contribution in [0.15, 0.2) is 29.3 Å². The molecule has 0 aliphatic carbocycles. The van der Waals surface area contributed by atoms with Crippen LogP contribution in [0.2, 0.25) is 0 Å². The highest BCUT2D eigenvalue weighted by molar-refractivity contribution is 6.05. The third kappa shape index (κ3) is 14.8. The van der Waals surface area contributed by atoms with Gasteiger partial charge >= 0.3 is 18.3 Å². The van der Waals surface area contributed by atoms with Crippen molar-refractivity contribution in [3.8, 4) is 5.75 Å². The average molecular weight is 549 g/mol. The van der Waals surface area contributed by atoms with E-state index in [9.17, 15) is 14.4 Å². The fourth-order valence-electron chi connectivity index (χ4n) is 2.89. The lowest BCUT2D eigenvalue weighted by molar-refractivity contribution is 0.0353. The smallest absolute Gasteiger partial charge is 0.437 e. The van der Waals surface area contributed by atoms with Crippen LogP contribution in [0.4, 0.5) is 14.4 Å². The summed E-state index contributed by atoms with van der Waals surface area (Å²) in [5.74, 6) is 0.286. The van der Waals surface area contributed by atoms with E-state index in [1.54, 1.807) is 81.4 Å². The minimum absolute atomic E-state index is 0.0572. The molecule has 0 saturated carbocycles. The molecule has 3 amide bonds. The highest BCUT2D eigenvalue weighted by Gasteiger charge is 2.30. The van der Waals surface area contributed by atoms with Gasteiger partial charge in [-0.1, -0.05) is 0 Å². The van der Waals surface area contributed by atoms with E-state index in [2.05, 4.69) is 10.3 Å². The van der Waals surface area contributed by atoms with Gasteiger partial charge in [0.1, 0.15) is 22.6 Å². The van der Waals surface area contributed by atoms with E-state index in [1.165, 1.54) is 0 Å². The van der Waals surface area contributed by atoms with Gasteiger partial charge in [-0.25, -0.2) is 19.3 Å². The lowest BCUT2D eigenvalue weighted by Crippen LogP contribution is -2.50. The summed E-state index contributed by atoms with van der Waals surface area (Å²) in [5, 5.41) is 10.1. The van der Waals surface area contributed by atoms with Gasteiger partial charge in [0, 0.05) is 12.3 Å². The maximum absolute atomic E-state index is 13.1. The summed E-state index contributed by atoms with van der Waals surface area (Å²) in [6, 6.07) is 7.20. The Morgan fingerprint density at radius 2 is 1.38 bits per heavy atom. The first-order valence-corrected chi connectivity index (χ1v) is 12.9. The van der Waals surface area contributed by atoms with Crippen molar-refractivity contribution < 1.29 is 33.3 Å². The Balaban J connectivity index is 3.08. The lowest BCUT2D eigenvalue weighted by Gasteiger charge is -2.29. The van der Waals surface area contributed by atoms with Crippen LogP contribution in [0.3, 0.4) is 0 Å². The van der Waals surface area contributed by atoms with Crippen LogP contribution < -0.4 is 10.1 Å². The predicted molar refractivity (Wildman–Crippen MR) is 150 cm³/mol. The summed E-state index contributed by atoms with van der Waals surface area (Å²) in [6.07, 6.45) is -1.73. The van der Waals surface area contributed by atoms with Crippen molar-refractivity contribution in [3.63, 3.8) is 0 Å². The molecule has 0 unspecified atom stereocenters. The number of nitrogens with zero attached hydrogens (tertiary/aromatic N) is 2. The highest BCUT2D eigenvalue weighted by atomic mass is 16.6. The third-order valence-corrected chi connectivity index (χ3v) is 4.41. The van der Waals surface area contributed by atoms with E-state index < -0.39 is 35.1 Å². The summed E-state index contributed by atoms with van der Waals surface area (Å²) >= 11 is 0. The Hall–Kier alpha value is -3.63. The number of carbonyl (C=O) groups excluding carboxylic acids is 3. The summed E-state index contributed by atoms with van der Waals surface area (Å²) in [5.41, 5.74) is -1.24. The second-order valence-electron chi connectivity index (χ2n) is 11.9. The summed E-state index contributed by atoms with van der Waals surface area (Å²) in [7, 11) is 0. The van der Waals surface area contributed by atoms with Crippen LogP contribution in [-0.2, 0) is 14.2 Å². The molecule has 0 spiro atoms. The van der Waals surface area contributed by atoms with E-state index >= 15 is 0 Å². The molecule has 0 saturated heterocycles. The fourth-order valence-corrected chi connectivity index (χ4v) is 2.89. The quantitative estimate of drug-likeness (QED) is 0.177. The third-order valence-electron chi connectivity index (χ3n) is 4.41. The van der Waals surface area contributed by atoms with Crippen LogP contribution >= 0.6 is 0 Å². The second-order valence-corrected chi connectivity index (χ2v) is 11.9. The standard InChI is InChI=1S/C28H44N4O7/c1-19(29)20-13-15-21(16-14-20)36-18-12-11-17-32(25(35)39-28(8,9)10)22(30-23(33)37-26(2,3)4)31-24(34)38-27(5,6)7/h13-16,29H,11-12,17-18H2,1-10H3,(H,30,31,33,34). The van der Waals surface area contributed by atoms with Crippen LogP contribution in [0, 0.1) is 5.41 Å².